The molecule has 5 nitrogen and oxygen atoms in total. The second-order valence-electron chi connectivity index (χ2n) is 6.25. The molecule has 0 spiro atoms. The van der Waals surface area contributed by atoms with Gasteiger partial charge in [-0.05, 0) is 24.6 Å². The van der Waals surface area contributed by atoms with Crippen molar-refractivity contribution in [2.45, 2.75) is 19.8 Å². The van der Waals surface area contributed by atoms with Gasteiger partial charge in [-0.25, -0.2) is 4.98 Å². The number of rotatable bonds is 5. The Balaban J connectivity index is 1.47. The minimum Gasteiger partial charge on any atom is -0.368 e. The molecule has 1 aromatic carbocycles. The molecule has 2 heterocycles. The van der Waals surface area contributed by atoms with E-state index in [-0.39, 0.29) is 0 Å². The van der Waals surface area contributed by atoms with Crippen molar-refractivity contribution in [2.75, 3.05) is 44.7 Å². The van der Waals surface area contributed by atoms with Gasteiger partial charge in [-0.15, -0.1) is 11.3 Å². The Hall–Kier alpha value is -1.79. The van der Waals surface area contributed by atoms with Crippen LogP contribution in [0.25, 0.3) is 0 Å². The van der Waals surface area contributed by atoms with Crippen molar-refractivity contribution in [3.8, 4) is 0 Å². The van der Waals surface area contributed by atoms with Crippen molar-refractivity contribution in [1.29, 1.82) is 0 Å². The molecule has 1 N–H and O–H groups in total. The Morgan fingerprint density at radius 1 is 1.31 bits per heavy atom. The van der Waals surface area contributed by atoms with Gasteiger partial charge in [-0.3, -0.25) is 4.99 Å². The Morgan fingerprint density at radius 3 is 2.77 bits per heavy atom. The van der Waals surface area contributed by atoms with E-state index in [1.807, 2.05) is 31.4 Å². The van der Waals surface area contributed by atoms with Crippen LogP contribution in [-0.4, -0.2) is 55.6 Å². The molecule has 7 heteroatoms. The van der Waals surface area contributed by atoms with Gasteiger partial charge in [0.15, 0.2) is 5.96 Å². The quantitative estimate of drug-likeness (QED) is 0.627. The van der Waals surface area contributed by atoms with Crippen LogP contribution in [0.5, 0.6) is 0 Å². The number of hydrogen-bond donors (Lipinski definition) is 1. The smallest absolute Gasteiger partial charge is 0.193 e. The fourth-order valence-corrected chi connectivity index (χ4v) is 4.14. The summed E-state index contributed by atoms with van der Waals surface area (Å²) in [6.07, 6.45) is 3.99. The number of aryl methyl sites for hydroxylation is 1. The number of hydrogen-bond acceptors (Lipinski definition) is 4. The fourth-order valence-electron chi connectivity index (χ4n) is 3.09. The minimum atomic E-state index is 0.788. The molecule has 1 fully saturated rings. The highest BCUT2D eigenvalue weighted by atomic mass is 35.5. The molecule has 0 radical (unpaired) electrons. The molecule has 0 atom stereocenters. The molecule has 0 saturated carbocycles. The Labute approximate surface area is 164 Å². The number of benzene rings is 1. The number of piperazine rings is 1. The lowest BCUT2D eigenvalue weighted by molar-refractivity contribution is 0.373. The number of aliphatic imine (C=N–C) groups is 1. The molecule has 0 aliphatic carbocycles. The van der Waals surface area contributed by atoms with Crippen molar-refractivity contribution in [3.63, 3.8) is 0 Å². The first-order valence-corrected chi connectivity index (χ1v) is 10.3. The molecule has 1 aromatic heterocycles. The normalized spacial score (nSPS) is 15.4. The zero-order valence-corrected chi connectivity index (χ0v) is 17.0. The average Bonchev–Trinajstić information content (AvgIpc) is 3.13. The molecule has 0 amide bonds. The minimum absolute atomic E-state index is 0.788. The molecular weight excluding hydrogens is 366 g/mol. The average molecular weight is 392 g/mol. The first kappa shape index (κ1) is 19.0. The van der Waals surface area contributed by atoms with Gasteiger partial charge in [0.1, 0.15) is 0 Å². The lowest BCUT2D eigenvalue weighted by Gasteiger charge is -2.37. The molecule has 0 unspecified atom stereocenters. The van der Waals surface area contributed by atoms with Gasteiger partial charge >= 0.3 is 0 Å². The summed E-state index contributed by atoms with van der Waals surface area (Å²) in [5.41, 5.74) is 1.19. The lowest BCUT2D eigenvalue weighted by Crippen LogP contribution is -2.52. The summed E-state index contributed by atoms with van der Waals surface area (Å²) < 4.78 is 0. The van der Waals surface area contributed by atoms with Crippen molar-refractivity contribution >= 4 is 34.6 Å². The van der Waals surface area contributed by atoms with Crippen LogP contribution in [0.15, 0.2) is 35.5 Å². The van der Waals surface area contributed by atoms with Crippen LogP contribution in [0.2, 0.25) is 5.02 Å². The maximum atomic E-state index is 6.11. The molecule has 3 rings (SSSR count). The predicted molar refractivity (Wildman–Crippen MR) is 112 cm³/mol. The third-order valence-electron chi connectivity index (χ3n) is 4.54. The summed E-state index contributed by atoms with van der Waals surface area (Å²) in [6, 6.07) is 8.07. The number of anilines is 1. The summed E-state index contributed by atoms with van der Waals surface area (Å²) in [5.74, 6) is 0.975. The van der Waals surface area contributed by atoms with E-state index in [9.17, 15) is 0 Å². The largest absolute Gasteiger partial charge is 0.368 e. The number of guanidine groups is 1. The van der Waals surface area contributed by atoms with E-state index in [1.165, 1.54) is 15.6 Å². The van der Waals surface area contributed by atoms with Crippen molar-refractivity contribution in [1.82, 2.24) is 15.2 Å². The van der Waals surface area contributed by atoms with Gasteiger partial charge in [0.25, 0.3) is 0 Å². The zero-order chi connectivity index (χ0) is 18.4. The van der Waals surface area contributed by atoms with E-state index in [2.05, 4.69) is 38.1 Å². The van der Waals surface area contributed by atoms with Crippen LogP contribution < -0.4 is 10.2 Å². The zero-order valence-electron chi connectivity index (χ0n) is 15.4. The monoisotopic (exact) mass is 391 g/mol. The fraction of sp³-hybridized carbons (Fsp3) is 0.474. The molecule has 26 heavy (non-hydrogen) atoms. The molecule has 1 aliphatic rings. The van der Waals surface area contributed by atoms with Gasteiger partial charge < -0.3 is 15.1 Å². The molecule has 1 aliphatic heterocycles. The van der Waals surface area contributed by atoms with E-state index in [1.54, 1.807) is 11.3 Å². The molecule has 2 aromatic rings. The topological polar surface area (TPSA) is 43.8 Å². The van der Waals surface area contributed by atoms with E-state index in [4.69, 9.17) is 11.6 Å². The summed E-state index contributed by atoms with van der Waals surface area (Å²) in [6.45, 7) is 6.85. The molecule has 140 valence electrons. The SMILES string of the molecule is CCc1cnc(CCNC(=NC)N2CCN(c3cccc(Cl)c3)CC2)s1. The number of nitrogens with zero attached hydrogens (tertiary/aromatic N) is 4. The highest BCUT2D eigenvalue weighted by molar-refractivity contribution is 7.11. The van der Waals surface area contributed by atoms with E-state index < -0.39 is 0 Å². The summed E-state index contributed by atoms with van der Waals surface area (Å²) in [5, 5.41) is 5.46. The van der Waals surface area contributed by atoms with E-state index in [0.717, 1.165) is 56.5 Å². The first-order chi connectivity index (χ1) is 12.7. The number of nitrogens with one attached hydrogen (secondary N) is 1. The second-order valence-corrected chi connectivity index (χ2v) is 7.89. The molecular formula is C19H26ClN5S. The lowest BCUT2D eigenvalue weighted by atomic mass is 10.2. The third kappa shape index (κ3) is 4.89. The summed E-state index contributed by atoms with van der Waals surface area (Å²) >= 11 is 7.92. The van der Waals surface area contributed by atoms with Crippen LogP contribution in [0.1, 0.15) is 16.8 Å². The molecule has 1 saturated heterocycles. The maximum Gasteiger partial charge on any atom is 0.193 e. The Kier molecular flexibility index (Phi) is 6.74. The Bertz CT molecular complexity index is 737. The van der Waals surface area contributed by atoms with Gasteiger partial charge in [-0.1, -0.05) is 24.6 Å². The van der Waals surface area contributed by atoms with Gasteiger partial charge in [0.2, 0.25) is 0 Å². The number of aromatic nitrogens is 1. The van der Waals surface area contributed by atoms with Crippen LogP contribution in [0.4, 0.5) is 5.69 Å². The van der Waals surface area contributed by atoms with Gasteiger partial charge in [-0.2, -0.15) is 0 Å². The second kappa shape index (κ2) is 9.24. The maximum absolute atomic E-state index is 6.11. The van der Waals surface area contributed by atoms with Crippen molar-refractivity contribution in [2.24, 2.45) is 4.99 Å². The van der Waals surface area contributed by atoms with Crippen LogP contribution in [0, 0.1) is 0 Å². The van der Waals surface area contributed by atoms with Crippen molar-refractivity contribution in [3.05, 3.63) is 45.4 Å². The van der Waals surface area contributed by atoms with Crippen molar-refractivity contribution < 1.29 is 0 Å². The third-order valence-corrected chi connectivity index (χ3v) is 5.97. The predicted octanol–water partition coefficient (Wildman–Crippen LogP) is 3.30. The number of thiazole rings is 1. The number of halogens is 1. The summed E-state index contributed by atoms with van der Waals surface area (Å²) in [7, 11) is 1.85. The van der Waals surface area contributed by atoms with Crippen LogP contribution in [0.3, 0.4) is 0 Å². The standard InChI is InChI=1S/C19H26ClN5S/c1-3-17-14-23-18(26-17)7-8-22-19(21-2)25-11-9-24(10-12-25)16-6-4-5-15(20)13-16/h4-6,13-14H,3,7-12H2,1-2H3,(H,21,22). The molecule has 0 bridgehead atoms. The first-order valence-electron chi connectivity index (χ1n) is 9.09. The van der Waals surface area contributed by atoms with E-state index in [0.29, 0.717) is 0 Å². The highest BCUT2D eigenvalue weighted by Gasteiger charge is 2.19. The Morgan fingerprint density at radius 2 is 2.12 bits per heavy atom. The van der Waals surface area contributed by atoms with Gasteiger partial charge in [0, 0.05) is 68.0 Å². The van der Waals surface area contributed by atoms with E-state index >= 15 is 0 Å². The van der Waals surface area contributed by atoms with Gasteiger partial charge in [0.05, 0.1) is 5.01 Å². The highest BCUT2D eigenvalue weighted by Crippen LogP contribution is 2.20. The summed E-state index contributed by atoms with van der Waals surface area (Å²) in [4.78, 5) is 15.0. The van der Waals surface area contributed by atoms with Crippen LogP contribution in [-0.2, 0) is 12.8 Å². The van der Waals surface area contributed by atoms with Crippen LogP contribution >= 0.6 is 22.9 Å².